The van der Waals surface area contributed by atoms with E-state index in [0.29, 0.717) is 40.7 Å². The van der Waals surface area contributed by atoms with Crippen LogP contribution in [0.4, 0.5) is 0 Å². The van der Waals surface area contributed by atoms with Crippen LogP contribution < -0.4 is 20.2 Å². The lowest BCUT2D eigenvalue weighted by molar-refractivity contribution is -0.123. The summed E-state index contributed by atoms with van der Waals surface area (Å²) in [6.07, 6.45) is 3.94. The molecule has 0 aromatic heterocycles. The summed E-state index contributed by atoms with van der Waals surface area (Å²) in [6, 6.07) is 9.34. The van der Waals surface area contributed by atoms with Gasteiger partial charge in [0.15, 0.2) is 11.5 Å². The molecule has 0 saturated heterocycles. The average Bonchev–Trinajstić information content (AvgIpc) is 2.79. The Hall–Kier alpha value is -2.58. The Morgan fingerprint density at radius 1 is 1.21 bits per heavy atom. The zero-order chi connectivity index (χ0) is 25.1. The molecule has 0 heterocycles. The maximum Gasteiger partial charge on any atom is 0.262 e. The molecule has 2 N–H and O–H groups in total. The van der Waals surface area contributed by atoms with Gasteiger partial charge >= 0.3 is 0 Å². The van der Waals surface area contributed by atoms with E-state index >= 15 is 0 Å². The zero-order valence-electron chi connectivity index (χ0n) is 19.9. The summed E-state index contributed by atoms with van der Waals surface area (Å²) in [4.78, 5) is 25.3. The molecule has 0 spiro atoms. The lowest BCUT2D eigenvalue weighted by Gasteiger charge is -2.19. The van der Waals surface area contributed by atoms with Crippen molar-refractivity contribution in [1.82, 2.24) is 10.7 Å². The molecule has 0 radical (unpaired) electrons. The summed E-state index contributed by atoms with van der Waals surface area (Å²) in [6.45, 7) is 6.64. The van der Waals surface area contributed by atoms with Crippen molar-refractivity contribution in [1.29, 1.82) is 0 Å². The predicted octanol–water partition coefficient (Wildman–Crippen LogP) is 5.58. The molecule has 0 aliphatic carbocycles. The van der Waals surface area contributed by atoms with Crippen molar-refractivity contribution in [3.8, 4) is 11.5 Å². The first-order chi connectivity index (χ1) is 16.2. The minimum Gasteiger partial charge on any atom is -0.493 e. The highest BCUT2D eigenvalue weighted by Gasteiger charge is 2.22. The summed E-state index contributed by atoms with van der Waals surface area (Å²) >= 11 is 9.39. The van der Waals surface area contributed by atoms with E-state index in [1.54, 1.807) is 37.4 Å². The fraction of sp³-hybridized carbons (Fsp3) is 0.400. The topological polar surface area (TPSA) is 89.0 Å². The van der Waals surface area contributed by atoms with E-state index in [1.165, 1.54) is 6.21 Å². The second-order valence-electron chi connectivity index (χ2n) is 8.13. The summed E-state index contributed by atoms with van der Waals surface area (Å²) < 4.78 is 12.0. The van der Waals surface area contributed by atoms with Gasteiger partial charge in [-0.2, -0.15) is 5.10 Å². The Morgan fingerprint density at radius 3 is 2.53 bits per heavy atom. The van der Waals surface area contributed by atoms with Crippen LogP contribution >= 0.6 is 27.5 Å². The van der Waals surface area contributed by atoms with Gasteiger partial charge in [0.1, 0.15) is 6.04 Å². The highest BCUT2D eigenvalue weighted by Crippen LogP contribution is 2.36. The second-order valence-corrected chi connectivity index (χ2v) is 9.42. The van der Waals surface area contributed by atoms with Crippen molar-refractivity contribution < 1.29 is 19.1 Å². The molecule has 0 aliphatic rings. The first kappa shape index (κ1) is 27.7. The molecule has 0 bridgehead atoms. The molecular weight excluding hydrogens is 522 g/mol. The Kier molecular flexibility index (Phi) is 11.4. The molecule has 7 nitrogen and oxygen atoms in total. The van der Waals surface area contributed by atoms with E-state index < -0.39 is 11.9 Å². The first-order valence-electron chi connectivity index (χ1n) is 11.1. The molecule has 184 valence electrons. The lowest BCUT2D eigenvalue weighted by Crippen LogP contribution is -2.46. The van der Waals surface area contributed by atoms with E-state index in [9.17, 15) is 9.59 Å². The van der Waals surface area contributed by atoms with Gasteiger partial charge in [0, 0.05) is 10.6 Å². The molecule has 2 amide bonds. The smallest absolute Gasteiger partial charge is 0.262 e. The van der Waals surface area contributed by atoms with Crippen molar-refractivity contribution >= 4 is 45.6 Å². The number of amides is 2. The number of hydrogen-bond acceptors (Lipinski definition) is 5. The average molecular weight is 553 g/mol. The minimum atomic E-state index is -0.740. The van der Waals surface area contributed by atoms with Gasteiger partial charge in [0.25, 0.3) is 11.8 Å². The number of ether oxygens (including phenoxy) is 2. The number of carbonyl (C=O) groups is 2. The number of halogens is 2. The standard InChI is InChI=1S/C25H31BrClN3O4/c1-5-6-11-34-23-20(26)13-17(14-22(23)33-4)15-28-30-25(32)21(12-16(2)3)29-24(31)18-7-9-19(27)10-8-18/h7-10,13-16,21H,5-6,11-12H2,1-4H3,(H,29,31)(H,30,32). The number of benzene rings is 2. The van der Waals surface area contributed by atoms with Gasteiger partial charge in [0.05, 0.1) is 24.4 Å². The van der Waals surface area contributed by atoms with E-state index in [1.807, 2.05) is 19.9 Å². The predicted molar refractivity (Wildman–Crippen MR) is 139 cm³/mol. The van der Waals surface area contributed by atoms with E-state index in [4.69, 9.17) is 21.1 Å². The third kappa shape index (κ3) is 8.65. The van der Waals surface area contributed by atoms with Crippen LogP contribution in [0.1, 0.15) is 56.0 Å². The molecule has 1 unspecified atom stereocenters. The van der Waals surface area contributed by atoms with Crippen LogP contribution in [0.5, 0.6) is 11.5 Å². The van der Waals surface area contributed by atoms with Gasteiger partial charge in [-0.25, -0.2) is 5.43 Å². The number of unbranched alkanes of at least 4 members (excludes halogenated alkanes) is 1. The number of carbonyl (C=O) groups excluding carboxylic acids is 2. The molecule has 1 atom stereocenters. The Balaban J connectivity index is 2.07. The summed E-state index contributed by atoms with van der Waals surface area (Å²) in [5, 5.41) is 7.39. The van der Waals surface area contributed by atoms with Gasteiger partial charge < -0.3 is 14.8 Å². The van der Waals surface area contributed by atoms with Crippen LogP contribution in [-0.2, 0) is 4.79 Å². The highest BCUT2D eigenvalue weighted by atomic mass is 79.9. The Bertz CT molecular complexity index is 996. The molecule has 34 heavy (non-hydrogen) atoms. The zero-order valence-corrected chi connectivity index (χ0v) is 22.2. The van der Waals surface area contributed by atoms with Crippen LogP contribution in [0, 0.1) is 5.92 Å². The molecule has 9 heteroatoms. The second kappa shape index (κ2) is 14.0. The van der Waals surface area contributed by atoms with Gasteiger partial charge in [0.2, 0.25) is 0 Å². The van der Waals surface area contributed by atoms with Gasteiger partial charge in [-0.1, -0.05) is 38.8 Å². The summed E-state index contributed by atoms with van der Waals surface area (Å²) in [5.41, 5.74) is 3.65. The molecule has 2 aromatic carbocycles. The number of rotatable bonds is 12. The molecule has 2 rings (SSSR count). The number of nitrogens with zero attached hydrogens (tertiary/aromatic N) is 1. The van der Waals surface area contributed by atoms with Crippen LogP contribution in [-0.4, -0.2) is 37.8 Å². The van der Waals surface area contributed by atoms with Gasteiger partial charge in [-0.15, -0.1) is 0 Å². The molecular formula is C25H31BrClN3O4. The van der Waals surface area contributed by atoms with Crippen LogP contribution in [0.15, 0.2) is 46.0 Å². The molecule has 0 fully saturated rings. The summed E-state index contributed by atoms with van der Waals surface area (Å²) in [5.74, 6) is 0.613. The molecule has 0 aliphatic heterocycles. The third-order valence-electron chi connectivity index (χ3n) is 4.82. The maximum atomic E-state index is 12.8. The third-order valence-corrected chi connectivity index (χ3v) is 5.66. The van der Waals surface area contributed by atoms with Crippen molar-refractivity contribution in [2.75, 3.05) is 13.7 Å². The van der Waals surface area contributed by atoms with Crippen molar-refractivity contribution in [2.24, 2.45) is 11.0 Å². The fourth-order valence-corrected chi connectivity index (χ4v) is 3.77. The normalized spacial score (nSPS) is 12.0. The molecule has 2 aromatic rings. The monoisotopic (exact) mass is 551 g/mol. The number of nitrogens with one attached hydrogen (secondary N) is 2. The Labute approximate surface area is 214 Å². The number of hydrazone groups is 1. The quantitative estimate of drug-likeness (QED) is 0.204. The van der Waals surface area contributed by atoms with Crippen molar-refractivity contribution in [3.05, 3.63) is 57.0 Å². The minimum absolute atomic E-state index is 0.186. The summed E-state index contributed by atoms with van der Waals surface area (Å²) in [7, 11) is 1.57. The largest absolute Gasteiger partial charge is 0.493 e. The molecule has 0 saturated carbocycles. The first-order valence-corrected chi connectivity index (χ1v) is 12.3. The van der Waals surface area contributed by atoms with E-state index in [2.05, 4.69) is 38.7 Å². The Morgan fingerprint density at radius 2 is 1.91 bits per heavy atom. The number of hydrogen-bond donors (Lipinski definition) is 2. The lowest BCUT2D eigenvalue weighted by atomic mass is 10.0. The van der Waals surface area contributed by atoms with Crippen LogP contribution in [0.25, 0.3) is 0 Å². The highest BCUT2D eigenvalue weighted by molar-refractivity contribution is 9.10. The van der Waals surface area contributed by atoms with Crippen LogP contribution in [0.2, 0.25) is 5.02 Å². The number of methoxy groups -OCH3 is 1. The maximum absolute atomic E-state index is 12.8. The van der Waals surface area contributed by atoms with Gasteiger partial charge in [-0.3, -0.25) is 9.59 Å². The van der Waals surface area contributed by atoms with Crippen LogP contribution in [0.3, 0.4) is 0 Å². The van der Waals surface area contributed by atoms with Gasteiger partial charge in [-0.05, 0) is 76.7 Å². The van der Waals surface area contributed by atoms with Crippen molar-refractivity contribution in [3.63, 3.8) is 0 Å². The van der Waals surface area contributed by atoms with E-state index in [0.717, 1.165) is 17.3 Å². The van der Waals surface area contributed by atoms with E-state index in [-0.39, 0.29) is 11.8 Å². The fourth-order valence-electron chi connectivity index (χ4n) is 3.07. The SMILES string of the molecule is CCCCOc1c(Br)cc(C=NNC(=O)C(CC(C)C)NC(=O)c2ccc(Cl)cc2)cc1OC. The van der Waals surface area contributed by atoms with Crippen molar-refractivity contribution in [2.45, 2.75) is 46.1 Å².